The van der Waals surface area contributed by atoms with E-state index in [9.17, 15) is 9.59 Å². The number of ether oxygens (including phenoxy) is 3. The quantitative estimate of drug-likeness (QED) is 0.279. The SMILES string of the molecule is CCOC(=O)C1=C(C)N=c2s/c(=C\c3ccc(-c4cccc(Br)c4)o3)c(=O)n2[C@H]1c1ccc(OC)c(OC)c1. The minimum Gasteiger partial charge on any atom is -0.493 e. The Hall–Kier alpha value is -3.89. The largest absolute Gasteiger partial charge is 0.493 e. The molecule has 2 aromatic heterocycles. The lowest BCUT2D eigenvalue weighted by Gasteiger charge is -2.25. The molecule has 1 aliphatic heterocycles. The van der Waals surface area contributed by atoms with E-state index in [0.717, 1.165) is 10.0 Å². The van der Waals surface area contributed by atoms with Crippen molar-refractivity contribution in [2.45, 2.75) is 19.9 Å². The minimum absolute atomic E-state index is 0.192. The van der Waals surface area contributed by atoms with Gasteiger partial charge >= 0.3 is 5.97 Å². The van der Waals surface area contributed by atoms with Gasteiger partial charge in [-0.3, -0.25) is 9.36 Å². The van der Waals surface area contributed by atoms with Crippen molar-refractivity contribution in [3.63, 3.8) is 0 Å². The summed E-state index contributed by atoms with van der Waals surface area (Å²) in [5.74, 6) is 1.69. The zero-order chi connectivity index (χ0) is 27.7. The van der Waals surface area contributed by atoms with E-state index >= 15 is 0 Å². The van der Waals surface area contributed by atoms with Crippen LogP contribution in [0, 0.1) is 0 Å². The fraction of sp³-hybridized carbons (Fsp3) is 0.207. The highest BCUT2D eigenvalue weighted by Gasteiger charge is 2.34. The smallest absolute Gasteiger partial charge is 0.338 e. The predicted molar refractivity (Wildman–Crippen MR) is 152 cm³/mol. The molecule has 0 saturated heterocycles. The Kier molecular flexibility index (Phi) is 7.58. The summed E-state index contributed by atoms with van der Waals surface area (Å²) < 4.78 is 25.2. The molecule has 3 heterocycles. The van der Waals surface area contributed by atoms with E-state index in [-0.39, 0.29) is 17.7 Å². The molecule has 0 spiro atoms. The van der Waals surface area contributed by atoms with Crippen LogP contribution in [0.5, 0.6) is 11.5 Å². The zero-order valence-electron chi connectivity index (χ0n) is 21.7. The maximum atomic E-state index is 13.8. The maximum Gasteiger partial charge on any atom is 0.338 e. The minimum atomic E-state index is -0.768. The van der Waals surface area contributed by atoms with E-state index in [1.165, 1.54) is 23.0 Å². The van der Waals surface area contributed by atoms with Crippen LogP contribution in [0.3, 0.4) is 0 Å². The van der Waals surface area contributed by atoms with Crippen LogP contribution in [-0.4, -0.2) is 31.4 Å². The second-order valence-corrected chi connectivity index (χ2v) is 10.6. The molecule has 1 atom stereocenters. The number of thiazole rings is 1. The Morgan fingerprint density at radius 2 is 1.92 bits per heavy atom. The highest BCUT2D eigenvalue weighted by molar-refractivity contribution is 9.10. The van der Waals surface area contributed by atoms with Crippen molar-refractivity contribution < 1.29 is 23.4 Å². The number of hydrogen-bond donors (Lipinski definition) is 0. The number of benzene rings is 2. The molecular weight excluding hydrogens is 584 g/mol. The van der Waals surface area contributed by atoms with Crippen LogP contribution in [-0.2, 0) is 9.53 Å². The van der Waals surface area contributed by atoms with E-state index < -0.39 is 12.0 Å². The van der Waals surface area contributed by atoms with Crippen LogP contribution in [0.4, 0.5) is 0 Å². The Labute approximate surface area is 236 Å². The fourth-order valence-corrected chi connectivity index (χ4v) is 5.91. The van der Waals surface area contributed by atoms with Gasteiger partial charge in [-0.05, 0) is 55.8 Å². The van der Waals surface area contributed by atoms with Gasteiger partial charge in [-0.25, -0.2) is 9.79 Å². The molecule has 39 heavy (non-hydrogen) atoms. The number of hydrogen-bond acceptors (Lipinski definition) is 8. The molecule has 0 saturated carbocycles. The Balaban J connectivity index is 1.66. The first-order chi connectivity index (χ1) is 18.8. The molecule has 0 N–H and O–H groups in total. The Bertz CT molecular complexity index is 1780. The number of furan rings is 1. The second kappa shape index (κ2) is 11.1. The molecule has 2 aromatic carbocycles. The lowest BCUT2D eigenvalue weighted by atomic mass is 9.95. The number of halogens is 1. The van der Waals surface area contributed by atoms with E-state index in [1.54, 1.807) is 45.2 Å². The highest BCUT2D eigenvalue weighted by Crippen LogP contribution is 2.36. The third kappa shape index (κ3) is 5.09. The summed E-state index contributed by atoms with van der Waals surface area (Å²) in [6.07, 6.45) is 1.69. The topological polar surface area (TPSA) is 92.3 Å². The molecule has 5 rings (SSSR count). The zero-order valence-corrected chi connectivity index (χ0v) is 24.1. The molecule has 10 heteroatoms. The van der Waals surface area contributed by atoms with Crippen LogP contribution in [0.2, 0.25) is 0 Å². The third-order valence-electron chi connectivity index (χ3n) is 6.25. The molecule has 4 aromatic rings. The number of aromatic nitrogens is 1. The van der Waals surface area contributed by atoms with E-state index in [1.807, 2.05) is 36.4 Å². The standard InChI is InChI=1S/C29H25BrN2O6S/c1-5-37-28(34)25-16(2)31-29-32(26(25)18-9-11-22(35-3)23(14-18)36-4)27(33)24(39-29)15-20-10-12-21(38-20)17-7-6-8-19(30)13-17/h6-15,26H,5H2,1-4H3/b24-15-/t26-/m0/s1. The normalized spacial score (nSPS) is 15.1. The molecule has 200 valence electrons. The number of esters is 1. The van der Waals surface area contributed by atoms with Crippen LogP contribution >= 0.6 is 27.3 Å². The maximum absolute atomic E-state index is 13.8. The molecule has 0 aliphatic carbocycles. The van der Waals surface area contributed by atoms with Gasteiger partial charge in [0.05, 0.1) is 42.7 Å². The second-order valence-electron chi connectivity index (χ2n) is 8.63. The van der Waals surface area contributed by atoms with Gasteiger partial charge in [0, 0.05) is 16.1 Å². The van der Waals surface area contributed by atoms with E-state index in [4.69, 9.17) is 18.6 Å². The first-order valence-electron chi connectivity index (χ1n) is 12.1. The van der Waals surface area contributed by atoms with Crippen molar-refractivity contribution in [3.8, 4) is 22.8 Å². The predicted octanol–water partition coefficient (Wildman–Crippen LogP) is 4.84. The van der Waals surface area contributed by atoms with E-state index in [2.05, 4.69) is 20.9 Å². The van der Waals surface area contributed by atoms with Gasteiger partial charge in [0.25, 0.3) is 5.56 Å². The van der Waals surface area contributed by atoms with Crippen molar-refractivity contribution in [3.05, 3.63) is 101 Å². The summed E-state index contributed by atoms with van der Waals surface area (Å²) in [4.78, 5) is 32.0. The number of nitrogens with zero attached hydrogens (tertiary/aromatic N) is 2. The van der Waals surface area contributed by atoms with Gasteiger partial charge in [-0.1, -0.05) is 45.5 Å². The first-order valence-corrected chi connectivity index (χ1v) is 13.7. The van der Waals surface area contributed by atoms with Crippen molar-refractivity contribution in [1.29, 1.82) is 0 Å². The molecule has 0 fully saturated rings. The van der Waals surface area contributed by atoms with Crippen molar-refractivity contribution >= 4 is 39.3 Å². The average Bonchev–Trinajstić information content (AvgIpc) is 3.52. The van der Waals surface area contributed by atoms with Crippen molar-refractivity contribution in [2.24, 2.45) is 4.99 Å². The third-order valence-corrected chi connectivity index (χ3v) is 7.73. The summed E-state index contributed by atoms with van der Waals surface area (Å²) >= 11 is 4.71. The lowest BCUT2D eigenvalue weighted by Crippen LogP contribution is -2.39. The molecule has 0 bridgehead atoms. The van der Waals surface area contributed by atoms with Gasteiger partial charge in [-0.2, -0.15) is 0 Å². The van der Waals surface area contributed by atoms with Crippen LogP contribution in [0.25, 0.3) is 17.4 Å². The summed E-state index contributed by atoms with van der Waals surface area (Å²) in [6.45, 7) is 3.67. The number of fused-ring (bicyclic) bond motifs is 1. The van der Waals surface area contributed by atoms with Gasteiger partial charge in [0.15, 0.2) is 16.3 Å². The average molecular weight is 609 g/mol. The first kappa shape index (κ1) is 26.7. The Morgan fingerprint density at radius 3 is 2.64 bits per heavy atom. The summed E-state index contributed by atoms with van der Waals surface area (Å²) in [5, 5.41) is 0. The van der Waals surface area contributed by atoms with Gasteiger partial charge in [-0.15, -0.1) is 0 Å². The number of methoxy groups -OCH3 is 2. The molecule has 0 amide bonds. The summed E-state index contributed by atoms with van der Waals surface area (Å²) in [5.41, 5.74) is 2.04. The molecule has 8 nitrogen and oxygen atoms in total. The van der Waals surface area contributed by atoms with Crippen LogP contribution < -0.4 is 24.4 Å². The van der Waals surface area contributed by atoms with Crippen molar-refractivity contribution in [2.75, 3.05) is 20.8 Å². The van der Waals surface area contributed by atoms with Gasteiger partial charge < -0.3 is 18.6 Å². The van der Waals surface area contributed by atoms with Gasteiger partial charge in [0.2, 0.25) is 0 Å². The number of carbonyl (C=O) groups is 1. The molecular formula is C29H25BrN2O6S. The summed E-state index contributed by atoms with van der Waals surface area (Å²) in [6, 6.07) is 16.0. The number of allylic oxidation sites excluding steroid dienone is 1. The molecule has 1 aliphatic rings. The Morgan fingerprint density at radius 1 is 1.13 bits per heavy atom. The van der Waals surface area contributed by atoms with Crippen molar-refractivity contribution in [1.82, 2.24) is 4.57 Å². The monoisotopic (exact) mass is 608 g/mol. The summed E-state index contributed by atoms with van der Waals surface area (Å²) in [7, 11) is 3.08. The van der Waals surface area contributed by atoms with Crippen LogP contribution in [0.1, 0.15) is 31.2 Å². The highest BCUT2D eigenvalue weighted by atomic mass is 79.9. The fourth-order valence-electron chi connectivity index (χ4n) is 4.49. The van der Waals surface area contributed by atoms with Crippen LogP contribution in [0.15, 0.2) is 84.5 Å². The number of carbonyl (C=O) groups excluding carboxylic acids is 1. The van der Waals surface area contributed by atoms with E-state index in [0.29, 0.717) is 43.6 Å². The van der Waals surface area contributed by atoms with Gasteiger partial charge in [0.1, 0.15) is 11.5 Å². The molecule has 0 unspecified atom stereocenters. The molecule has 0 radical (unpaired) electrons. The lowest BCUT2D eigenvalue weighted by molar-refractivity contribution is -0.139. The number of rotatable bonds is 7.